The summed E-state index contributed by atoms with van der Waals surface area (Å²) in [6.45, 7) is 0. The molecule has 4 aromatic rings. The lowest BCUT2D eigenvalue weighted by atomic mass is 10.0. The molecule has 0 saturated heterocycles. The molecule has 3 N–H and O–H groups in total. The van der Waals surface area contributed by atoms with Crippen LogP contribution in [0.1, 0.15) is 15.9 Å². The molecule has 0 fully saturated rings. The Morgan fingerprint density at radius 1 is 0.886 bits per heavy atom. The number of nitrogens with zero attached hydrogens (tertiary/aromatic N) is 2. The quantitative estimate of drug-likeness (QED) is 0.270. The van der Waals surface area contributed by atoms with Crippen LogP contribution in [-0.2, 0) is 4.79 Å². The van der Waals surface area contributed by atoms with Gasteiger partial charge in [0.25, 0.3) is 5.91 Å². The number of para-hydroxylation sites is 2. The van der Waals surface area contributed by atoms with Crippen LogP contribution >= 0.6 is 0 Å². The van der Waals surface area contributed by atoms with E-state index < -0.39 is 17.7 Å². The zero-order valence-corrected chi connectivity index (χ0v) is 18.1. The third kappa shape index (κ3) is 3.97. The number of hydrogen-bond acceptors (Lipinski definition) is 5. The predicted molar refractivity (Wildman–Crippen MR) is 131 cm³/mol. The van der Waals surface area contributed by atoms with Gasteiger partial charge in [0.2, 0.25) is 0 Å². The molecule has 35 heavy (non-hydrogen) atoms. The maximum Gasteiger partial charge on any atom is 0.335 e. The zero-order valence-electron chi connectivity index (χ0n) is 18.1. The first-order valence-corrected chi connectivity index (χ1v) is 10.6. The van der Waals surface area contributed by atoms with Crippen LogP contribution in [0.4, 0.5) is 21.5 Å². The number of carbonyl (C=O) groups is 2. The minimum Gasteiger partial charge on any atom is -0.505 e. The lowest BCUT2D eigenvalue weighted by Gasteiger charge is -2.16. The van der Waals surface area contributed by atoms with Gasteiger partial charge in [0, 0.05) is 16.8 Å². The summed E-state index contributed by atoms with van der Waals surface area (Å²) in [5, 5.41) is 24.4. The highest BCUT2D eigenvalue weighted by atomic mass is 19.1. The summed E-state index contributed by atoms with van der Waals surface area (Å²) in [4.78, 5) is 26.1. The summed E-state index contributed by atoms with van der Waals surface area (Å²) in [7, 11) is 0. The van der Waals surface area contributed by atoms with Gasteiger partial charge in [-0.05, 0) is 54.1 Å². The van der Waals surface area contributed by atoms with E-state index in [4.69, 9.17) is 0 Å². The number of phenolic OH excluding ortho intramolecular Hbond substituents is 1. The third-order valence-electron chi connectivity index (χ3n) is 5.64. The number of aromatic hydroxyl groups is 1. The standard InChI is InChI=1S/C27H18FN3O4/c28-18-11-13-19(14-12-18)31-23-10-2-1-7-21(23)24(26(31)33)30-29-22-9-4-8-20(25(22)32)16-5-3-6-17(15-16)27(34)35/h1-15,29,32H,(H,34,35). The van der Waals surface area contributed by atoms with Crippen molar-refractivity contribution in [3.8, 4) is 16.9 Å². The normalized spacial score (nSPS) is 13.7. The van der Waals surface area contributed by atoms with Crippen LogP contribution in [0.5, 0.6) is 5.75 Å². The Morgan fingerprint density at radius 3 is 2.37 bits per heavy atom. The van der Waals surface area contributed by atoms with Gasteiger partial charge < -0.3 is 10.2 Å². The van der Waals surface area contributed by atoms with Gasteiger partial charge in [0.15, 0.2) is 5.71 Å². The van der Waals surface area contributed by atoms with E-state index in [2.05, 4.69) is 10.5 Å². The van der Waals surface area contributed by atoms with Crippen molar-refractivity contribution in [2.45, 2.75) is 0 Å². The van der Waals surface area contributed by atoms with E-state index in [0.29, 0.717) is 28.1 Å². The average molecular weight is 467 g/mol. The van der Waals surface area contributed by atoms with Crippen molar-refractivity contribution in [1.82, 2.24) is 0 Å². The van der Waals surface area contributed by atoms with Gasteiger partial charge in [0.05, 0.1) is 16.9 Å². The summed E-state index contributed by atoms with van der Waals surface area (Å²) in [6, 6.07) is 23.8. The van der Waals surface area contributed by atoms with Crippen molar-refractivity contribution in [3.63, 3.8) is 0 Å². The first-order chi connectivity index (χ1) is 16.9. The number of hydrogen-bond donors (Lipinski definition) is 3. The van der Waals surface area contributed by atoms with Crippen molar-refractivity contribution in [2.24, 2.45) is 5.10 Å². The summed E-state index contributed by atoms with van der Waals surface area (Å²) >= 11 is 0. The van der Waals surface area contributed by atoms with Crippen molar-refractivity contribution >= 4 is 34.7 Å². The maximum absolute atomic E-state index is 13.4. The molecule has 0 saturated carbocycles. The first-order valence-electron chi connectivity index (χ1n) is 10.6. The average Bonchev–Trinajstić information content (AvgIpc) is 3.15. The molecule has 172 valence electrons. The Labute approximate surface area is 199 Å². The molecule has 0 bridgehead atoms. The molecule has 0 unspecified atom stereocenters. The first kappa shape index (κ1) is 21.8. The Bertz CT molecular complexity index is 1500. The fraction of sp³-hybridized carbons (Fsp3) is 0. The van der Waals surface area contributed by atoms with E-state index in [1.54, 1.807) is 54.6 Å². The molecule has 1 heterocycles. The van der Waals surface area contributed by atoms with Gasteiger partial charge in [-0.3, -0.25) is 15.1 Å². The molecule has 0 radical (unpaired) electrons. The molecule has 1 amide bonds. The van der Waals surface area contributed by atoms with Gasteiger partial charge >= 0.3 is 5.97 Å². The number of hydrazone groups is 1. The number of benzene rings is 4. The Morgan fingerprint density at radius 2 is 1.60 bits per heavy atom. The largest absolute Gasteiger partial charge is 0.505 e. The number of fused-ring (bicyclic) bond motifs is 1. The van der Waals surface area contributed by atoms with Crippen LogP contribution in [0.3, 0.4) is 0 Å². The minimum absolute atomic E-state index is 0.0922. The number of carboxylic acids is 1. The summed E-state index contributed by atoms with van der Waals surface area (Å²) in [5.74, 6) is -2.03. The Hall–Kier alpha value is -4.98. The number of phenols is 1. The summed E-state index contributed by atoms with van der Waals surface area (Å²) in [5.41, 5.74) is 5.83. The molecular formula is C27H18FN3O4. The number of rotatable bonds is 5. The van der Waals surface area contributed by atoms with Crippen LogP contribution in [0.15, 0.2) is 96.1 Å². The lowest BCUT2D eigenvalue weighted by Crippen LogP contribution is -2.26. The van der Waals surface area contributed by atoms with E-state index in [-0.39, 0.29) is 22.7 Å². The van der Waals surface area contributed by atoms with E-state index in [9.17, 15) is 24.2 Å². The smallest absolute Gasteiger partial charge is 0.335 e. The molecule has 0 aliphatic carbocycles. The number of aromatic carboxylic acids is 1. The van der Waals surface area contributed by atoms with Crippen LogP contribution in [0.2, 0.25) is 0 Å². The maximum atomic E-state index is 13.4. The van der Waals surface area contributed by atoms with Crippen molar-refractivity contribution < 1.29 is 24.2 Å². The SMILES string of the molecule is O=C(O)c1cccc(-c2cccc(NN=C3C(=O)N(c4ccc(F)cc4)c4ccccc43)c2O)c1. The van der Waals surface area contributed by atoms with Crippen LogP contribution in [0, 0.1) is 5.82 Å². The number of amides is 1. The van der Waals surface area contributed by atoms with Gasteiger partial charge in [-0.2, -0.15) is 5.10 Å². The molecule has 0 spiro atoms. The highest BCUT2D eigenvalue weighted by Crippen LogP contribution is 2.38. The van der Waals surface area contributed by atoms with E-state index >= 15 is 0 Å². The molecule has 7 nitrogen and oxygen atoms in total. The fourth-order valence-corrected chi connectivity index (χ4v) is 3.96. The third-order valence-corrected chi connectivity index (χ3v) is 5.64. The van der Waals surface area contributed by atoms with Crippen molar-refractivity contribution in [3.05, 3.63) is 108 Å². The van der Waals surface area contributed by atoms with Crippen LogP contribution < -0.4 is 10.3 Å². The van der Waals surface area contributed by atoms with Gasteiger partial charge in [0.1, 0.15) is 11.6 Å². The molecule has 0 aromatic heterocycles. The molecule has 5 rings (SSSR count). The second-order valence-electron chi connectivity index (χ2n) is 7.79. The Kier molecular flexibility index (Phi) is 5.46. The van der Waals surface area contributed by atoms with Gasteiger partial charge in [-0.25, -0.2) is 9.18 Å². The van der Waals surface area contributed by atoms with Crippen LogP contribution in [0.25, 0.3) is 11.1 Å². The molecule has 1 aliphatic rings. The van der Waals surface area contributed by atoms with E-state index in [0.717, 1.165) is 0 Å². The summed E-state index contributed by atoms with van der Waals surface area (Å²) in [6.07, 6.45) is 0. The lowest BCUT2D eigenvalue weighted by molar-refractivity contribution is -0.111. The monoisotopic (exact) mass is 467 g/mol. The summed E-state index contributed by atoms with van der Waals surface area (Å²) < 4.78 is 13.4. The van der Waals surface area contributed by atoms with E-state index in [1.807, 2.05) is 0 Å². The van der Waals surface area contributed by atoms with Crippen LogP contribution in [-0.4, -0.2) is 27.8 Å². The predicted octanol–water partition coefficient (Wildman–Crippen LogP) is 5.39. The molecule has 4 aromatic carbocycles. The highest BCUT2D eigenvalue weighted by Gasteiger charge is 2.35. The molecule has 8 heteroatoms. The minimum atomic E-state index is -1.07. The van der Waals surface area contributed by atoms with Crippen molar-refractivity contribution in [1.29, 1.82) is 0 Å². The second-order valence-corrected chi connectivity index (χ2v) is 7.79. The molecular weight excluding hydrogens is 449 g/mol. The highest BCUT2D eigenvalue weighted by molar-refractivity contribution is 6.55. The van der Waals surface area contributed by atoms with Gasteiger partial charge in [-0.1, -0.05) is 42.5 Å². The number of anilines is 3. The number of halogens is 1. The number of nitrogens with one attached hydrogen (secondary N) is 1. The second kappa shape index (κ2) is 8.75. The molecule has 0 atom stereocenters. The molecule has 1 aliphatic heterocycles. The van der Waals surface area contributed by atoms with Gasteiger partial charge in [-0.15, -0.1) is 0 Å². The number of carboxylic acid groups (broad SMARTS) is 1. The fourth-order valence-electron chi connectivity index (χ4n) is 3.96. The number of carbonyl (C=O) groups excluding carboxylic acids is 1. The topological polar surface area (TPSA) is 102 Å². The van der Waals surface area contributed by atoms with Crippen molar-refractivity contribution in [2.75, 3.05) is 10.3 Å². The van der Waals surface area contributed by atoms with E-state index in [1.165, 1.54) is 41.3 Å². The zero-order chi connectivity index (χ0) is 24.5. The Balaban J connectivity index is 1.50.